The van der Waals surface area contributed by atoms with Crippen LogP contribution in [0.4, 0.5) is 16.4 Å². The lowest BCUT2D eigenvalue weighted by atomic mass is 10.3. The van der Waals surface area contributed by atoms with E-state index in [1.54, 1.807) is 53.7 Å². The van der Waals surface area contributed by atoms with E-state index in [9.17, 15) is 4.79 Å². The molecule has 22 heavy (non-hydrogen) atoms. The van der Waals surface area contributed by atoms with E-state index in [1.807, 2.05) is 12.1 Å². The fourth-order valence-electron chi connectivity index (χ4n) is 1.89. The summed E-state index contributed by atoms with van der Waals surface area (Å²) in [4.78, 5) is 19.8. The highest BCUT2D eigenvalue weighted by Gasteiger charge is 2.06. The zero-order valence-electron chi connectivity index (χ0n) is 11.7. The molecule has 3 aromatic heterocycles. The molecule has 7 nitrogen and oxygen atoms in total. The number of carbonyl (C=O) groups excluding carboxylic acids is 1. The molecular weight excluding hydrogens is 280 g/mol. The van der Waals surface area contributed by atoms with Crippen LogP contribution in [0.2, 0.25) is 0 Å². The maximum atomic E-state index is 11.8. The summed E-state index contributed by atoms with van der Waals surface area (Å²) in [5.74, 6) is 0.957. The maximum absolute atomic E-state index is 11.8. The van der Waals surface area contributed by atoms with Gasteiger partial charge in [-0.1, -0.05) is 6.07 Å². The fraction of sp³-hybridized carbons (Fsp3) is 0.0667. The topological polar surface area (TPSA) is 84.7 Å². The number of pyridine rings is 2. The molecule has 3 rings (SSSR count). The molecule has 0 bridgehead atoms. The Bertz CT molecular complexity index is 741. The molecular formula is C15H14N6O. The van der Waals surface area contributed by atoms with E-state index < -0.39 is 0 Å². The van der Waals surface area contributed by atoms with Gasteiger partial charge >= 0.3 is 6.03 Å². The smallest absolute Gasteiger partial charge is 0.292 e. The summed E-state index contributed by atoms with van der Waals surface area (Å²) in [5, 5.41) is 9.58. The van der Waals surface area contributed by atoms with Crippen LogP contribution in [-0.2, 0) is 6.54 Å². The van der Waals surface area contributed by atoms with Gasteiger partial charge in [0, 0.05) is 30.9 Å². The first-order valence-corrected chi connectivity index (χ1v) is 6.71. The van der Waals surface area contributed by atoms with Crippen molar-refractivity contribution in [3.05, 3.63) is 66.7 Å². The number of anilines is 2. The number of nitrogens with one attached hydrogen (secondary N) is 2. The molecule has 0 aliphatic rings. The third-order valence-electron chi connectivity index (χ3n) is 2.88. The van der Waals surface area contributed by atoms with E-state index in [-0.39, 0.29) is 6.03 Å². The second-order valence-corrected chi connectivity index (χ2v) is 4.55. The molecule has 0 unspecified atom stereocenters. The number of aromatic nitrogens is 4. The van der Waals surface area contributed by atoms with Gasteiger partial charge < -0.3 is 0 Å². The van der Waals surface area contributed by atoms with Crippen LogP contribution in [0.1, 0.15) is 5.56 Å². The van der Waals surface area contributed by atoms with Gasteiger partial charge in [-0.15, -0.1) is 0 Å². The van der Waals surface area contributed by atoms with Crippen molar-refractivity contribution in [2.75, 3.05) is 10.6 Å². The number of urea groups is 1. The molecule has 0 aliphatic heterocycles. The van der Waals surface area contributed by atoms with E-state index in [1.165, 1.54) is 0 Å². The summed E-state index contributed by atoms with van der Waals surface area (Å²) in [5.41, 5.74) is 1.09. The van der Waals surface area contributed by atoms with Gasteiger partial charge in [0.15, 0.2) is 5.82 Å². The lowest BCUT2D eigenvalue weighted by molar-refractivity contribution is 0.262. The van der Waals surface area contributed by atoms with Gasteiger partial charge in [0.1, 0.15) is 5.82 Å². The highest BCUT2D eigenvalue weighted by atomic mass is 16.2. The highest BCUT2D eigenvalue weighted by Crippen LogP contribution is 2.07. The lowest BCUT2D eigenvalue weighted by Gasteiger charge is -2.04. The number of hydrogen-bond acceptors (Lipinski definition) is 4. The number of nitrogens with zero attached hydrogens (tertiary/aromatic N) is 4. The number of hydrogen-bond donors (Lipinski definition) is 2. The third-order valence-corrected chi connectivity index (χ3v) is 2.88. The van der Waals surface area contributed by atoms with Crippen LogP contribution >= 0.6 is 0 Å². The van der Waals surface area contributed by atoms with Gasteiger partial charge in [0.2, 0.25) is 0 Å². The Labute approximate surface area is 127 Å². The number of carbonyl (C=O) groups is 1. The van der Waals surface area contributed by atoms with E-state index in [4.69, 9.17) is 0 Å². The molecule has 3 aromatic rings. The Hall–Kier alpha value is -3.22. The summed E-state index contributed by atoms with van der Waals surface area (Å²) >= 11 is 0. The highest BCUT2D eigenvalue weighted by molar-refractivity contribution is 5.98. The maximum Gasteiger partial charge on any atom is 0.326 e. The Morgan fingerprint density at radius 2 is 1.82 bits per heavy atom. The van der Waals surface area contributed by atoms with Crippen molar-refractivity contribution in [3.63, 3.8) is 0 Å². The molecule has 0 saturated carbocycles. The molecule has 7 heteroatoms. The molecule has 0 aliphatic carbocycles. The van der Waals surface area contributed by atoms with Crippen LogP contribution in [0.5, 0.6) is 0 Å². The van der Waals surface area contributed by atoms with Crippen LogP contribution in [0.25, 0.3) is 0 Å². The van der Waals surface area contributed by atoms with Gasteiger partial charge in [-0.3, -0.25) is 20.3 Å². The first-order valence-electron chi connectivity index (χ1n) is 6.71. The van der Waals surface area contributed by atoms with E-state index in [0.29, 0.717) is 18.2 Å². The van der Waals surface area contributed by atoms with Gasteiger partial charge in [-0.2, -0.15) is 5.10 Å². The molecule has 0 saturated heterocycles. The Kier molecular flexibility index (Phi) is 4.05. The van der Waals surface area contributed by atoms with E-state index >= 15 is 0 Å². The van der Waals surface area contributed by atoms with Gasteiger partial charge in [0.05, 0.1) is 6.54 Å². The summed E-state index contributed by atoms with van der Waals surface area (Å²) in [7, 11) is 0. The van der Waals surface area contributed by atoms with Crippen molar-refractivity contribution in [2.45, 2.75) is 6.54 Å². The minimum Gasteiger partial charge on any atom is -0.292 e. The molecule has 0 atom stereocenters. The van der Waals surface area contributed by atoms with E-state index in [2.05, 4.69) is 25.7 Å². The first kappa shape index (κ1) is 13.7. The van der Waals surface area contributed by atoms with Crippen LogP contribution in [0, 0.1) is 0 Å². The molecule has 3 heterocycles. The Morgan fingerprint density at radius 3 is 2.59 bits per heavy atom. The average Bonchev–Trinajstić information content (AvgIpc) is 2.96. The lowest BCUT2D eigenvalue weighted by Crippen LogP contribution is -2.20. The van der Waals surface area contributed by atoms with Crippen molar-refractivity contribution < 1.29 is 4.79 Å². The Morgan fingerprint density at radius 1 is 1.00 bits per heavy atom. The normalized spacial score (nSPS) is 10.2. The average molecular weight is 294 g/mol. The quantitative estimate of drug-likeness (QED) is 0.773. The monoisotopic (exact) mass is 294 g/mol. The molecule has 0 aromatic carbocycles. The molecule has 2 N–H and O–H groups in total. The summed E-state index contributed by atoms with van der Waals surface area (Å²) < 4.78 is 1.74. The van der Waals surface area contributed by atoms with Crippen molar-refractivity contribution >= 4 is 17.7 Å². The van der Waals surface area contributed by atoms with Crippen LogP contribution < -0.4 is 10.6 Å². The fourth-order valence-corrected chi connectivity index (χ4v) is 1.89. The van der Waals surface area contributed by atoms with Gasteiger partial charge in [-0.05, 0) is 29.8 Å². The predicted molar refractivity (Wildman–Crippen MR) is 82.4 cm³/mol. The van der Waals surface area contributed by atoms with Crippen LogP contribution in [0.15, 0.2) is 61.2 Å². The molecule has 110 valence electrons. The number of amides is 2. The molecule has 0 radical (unpaired) electrons. The SMILES string of the molecule is O=C(Nc1ccccn1)Nc1ccn(Cc2ccncc2)n1. The Balaban J connectivity index is 1.58. The molecule has 2 amide bonds. The standard InChI is InChI=1S/C15H14N6O/c22-15(18-13-3-1-2-7-17-13)19-14-6-10-21(20-14)11-12-4-8-16-9-5-12/h1-10H,11H2,(H2,17,18,19,20,22). The third kappa shape index (κ3) is 3.66. The predicted octanol–water partition coefficient (Wildman–Crippen LogP) is 2.37. The van der Waals surface area contributed by atoms with Crippen molar-refractivity contribution in [1.82, 2.24) is 19.7 Å². The van der Waals surface area contributed by atoms with Gasteiger partial charge in [-0.25, -0.2) is 9.78 Å². The van der Waals surface area contributed by atoms with Gasteiger partial charge in [0.25, 0.3) is 0 Å². The minimum atomic E-state index is -0.382. The largest absolute Gasteiger partial charge is 0.326 e. The summed E-state index contributed by atoms with van der Waals surface area (Å²) in [6.45, 7) is 0.617. The minimum absolute atomic E-state index is 0.382. The summed E-state index contributed by atoms with van der Waals surface area (Å²) in [6, 6.07) is 10.5. The zero-order valence-corrected chi connectivity index (χ0v) is 11.7. The molecule has 0 spiro atoms. The zero-order chi connectivity index (χ0) is 15.2. The van der Waals surface area contributed by atoms with Crippen LogP contribution in [0.3, 0.4) is 0 Å². The van der Waals surface area contributed by atoms with Crippen molar-refractivity contribution in [1.29, 1.82) is 0 Å². The summed E-state index contributed by atoms with van der Waals surface area (Å²) in [6.07, 6.45) is 6.88. The first-order chi connectivity index (χ1) is 10.8. The van der Waals surface area contributed by atoms with Crippen molar-refractivity contribution in [2.24, 2.45) is 0 Å². The van der Waals surface area contributed by atoms with Crippen LogP contribution in [-0.4, -0.2) is 25.8 Å². The van der Waals surface area contributed by atoms with E-state index in [0.717, 1.165) is 5.56 Å². The second-order valence-electron chi connectivity index (χ2n) is 4.55. The van der Waals surface area contributed by atoms with Crippen molar-refractivity contribution in [3.8, 4) is 0 Å². The second kappa shape index (κ2) is 6.49. The molecule has 0 fully saturated rings. The number of rotatable bonds is 4.